The van der Waals surface area contributed by atoms with Gasteiger partial charge in [0.15, 0.2) is 0 Å². The number of nitrogens with one attached hydrogen (secondary N) is 2. The maximum absolute atomic E-state index is 12.8. The van der Waals surface area contributed by atoms with Gasteiger partial charge in [-0.2, -0.15) is 4.31 Å². The van der Waals surface area contributed by atoms with E-state index < -0.39 is 10.0 Å². The van der Waals surface area contributed by atoms with Crippen molar-refractivity contribution in [3.63, 3.8) is 0 Å². The second-order valence-corrected chi connectivity index (χ2v) is 7.91. The zero-order valence-electron chi connectivity index (χ0n) is 14.9. The summed E-state index contributed by atoms with van der Waals surface area (Å²) in [6, 6.07) is 4.80. The summed E-state index contributed by atoms with van der Waals surface area (Å²) < 4.78 is 32.3. The van der Waals surface area contributed by atoms with Crippen LogP contribution < -0.4 is 10.6 Å². The van der Waals surface area contributed by atoms with Gasteiger partial charge in [-0.15, -0.1) is 0 Å². The number of amides is 1. The molecule has 140 valence electrons. The third-order valence-electron chi connectivity index (χ3n) is 4.05. The van der Waals surface area contributed by atoms with Gasteiger partial charge in [-0.25, -0.2) is 8.42 Å². The number of carbonyl (C=O) groups excluding carboxylic acids is 1. The Labute approximate surface area is 149 Å². The predicted octanol–water partition coefficient (Wildman–Crippen LogP) is 0.745. The molecule has 0 atom stereocenters. The molecular formula is C17H27N3O4S. The molecule has 0 bridgehead atoms. The molecule has 0 aliphatic carbocycles. The van der Waals surface area contributed by atoms with E-state index in [1.807, 2.05) is 0 Å². The lowest BCUT2D eigenvalue weighted by Crippen LogP contribution is -2.41. The lowest BCUT2D eigenvalue weighted by atomic mass is 10.1. The molecule has 1 fully saturated rings. The second kappa shape index (κ2) is 9.28. The number of aryl methyl sites for hydroxylation is 1. The van der Waals surface area contributed by atoms with Crippen molar-refractivity contribution in [1.29, 1.82) is 0 Å². The minimum atomic E-state index is -3.62. The van der Waals surface area contributed by atoms with Crippen LogP contribution >= 0.6 is 0 Å². The van der Waals surface area contributed by atoms with Crippen LogP contribution in [0.3, 0.4) is 0 Å². The van der Waals surface area contributed by atoms with Crippen LogP contribution in [0.15, 0.2) is 23.1 Å². The van der Waals surface area contributed by atoms with Crippen LogP contribution in [-0.2, 0) is 14.8 Å². The van der Waals surface area contributed by atoms with Gasteiger partial charge in [0.05, 0.1) is 18.1 Å². The minimum absolute atomic E-state index is 0.186. The second-order valence-electron chi connectivity index (χ2n) is 6.00. The van der Waals surface area contributed by atoms with Crippen molar-refractivity contribution in [3.05, 3.63) is 29.3 Å². The summed E-state index contributed by atoms with van der Waals surface area (Å²) >= 11 is 0. The maximum Gasteiger partial charge on any atom is 0.251 e. The van der Waals surface area contributed by atoms with Crippen LogP contribution in [-0.4, -0.2) is 64.6 Å². The first kappa shape index (κ1) is 19.8. The van der Waals surface area contributed by atoms with Gasteiger partial charge in [0.25, 0.3) is 5.91 Å². The summed E-state index contributed by atoms with van der Waals surface area (Å²) in [7, 11) is -3.62. The fraction of sp³-hybridized carbons (Fsp3) is 0.588. The van der Waals surface area contributed by atoms with Crippen LogP contribution in [0.5, 0.6) is 0 Å². The van der Waals surface area contributed by atoms with E-state index >= 15 is 0 Å². The highest BCUT2D eigenvalue weighted by Gasteiger charge is 2.28. The van der Waals surface area contributed by atoms with Crippen molar-refractivity contribution in [3.8, 4) is 0 Å². The quantitative estimate of drug-likeness (QED) is 0.660. The highest BCUT2D eigenvalue weighted by atomic mass is 32.2. The van der Waals surface area contributed by atoms with Gasteiger partial charge in [0, 0.05) is 31.7 Å². The molecule has 1 heterocycles. The van der Waals surface area contributed by atoms with Gasteiger partial charge < -0.3 is 15.4 Å². The number of hydrogen-bond acceptors (Lipinski definition) is 5. The number of rotatable bonds is 8. The van der Waals surface area contributed by atoms with Gasteiger partial charge in [0.1, 0.15) is 0 Å². The lowest BCUT2D eigenvalue weighted by Gasteiger charge is -2.26. The summed E-state index contributed by atoms with van der Waals surface area (Å²) in [5.74, 6) is -0.267. The number of benzene rings is 1. The zero-order valence-corrected chi connectivity index (χ0v) is 15.7. The van der Waals surface area contributed by atoms with E-state index in [1.165, 1.54) is 10.4 Å². The molecule has 1 aromatic carbocycles. The maximum atomic E-state index is 12.8. The Hall–Kier alpha value is -1.48. The smallest absolute Gasteiger partial charge is 0.251 e. The van der Waals surface area contributed by atoms with E-state index in [0.717, 1.165) is 13.0 Å². The summed E-state index contributed by atoms with van der Waals surface area (Å²) in [5.41, 5.74) is 0.987. The monoisotopic (exact) mass is 369 g/mol. The third kappa shape index (κ3) is 5.24. The topological polar surface area (TPSA) is 87.7 Å². The molecule has 2 rings (SSSR count). The number of hydrogen-bond donors (Lipinski definition) is 2. The first-order valence-corrected chi connectivity index (χ1v) is 10.1. The average Bonchev–Trinajstić information content (AvgIpc) is 2.62. The standard InChI is InChI=1S/C17H27N3O4S/c1-3-6-18-7-8-19-17(21)15-5-4-14(2)16(13-15)25(22,23)20-9-11-24-12-10-20/h4-5,13,18H,3,6-12H2,1-2H3,(H,19,21). The molecule has 0 radical (unpaired) electrons. The summed E-state index contributed by atoms with van der Waals surface area (Å²) in [4.78, 5) is 12.5. The van der Waals surface area contributed by atoms with E-state index in [2.05, 4.69) is 17.6 Å². The Kier molecular flexibility index (Phi) is 7.37. The van der Waals surface area contributed by atoms with Gasteiger partial charge >= 0.3 is 0 Å². The predicted molar refractivity (Wildman–Crippen MR) is 96.3 cm³/mol. The molecule has 1 amide bonds. The Balaban J connectivity index is 2.10. The molecule has 0 unspecified atom stereocenters. The Morgan fingerprint density at radius 2 is 1.92 bits per heavy atom. The number of nitrogens with zero attached hydrogens (tertiary/aromatic N) is 1. The molecule has 1 aliphatic heterocycles. The number of sulfonamides is 1. The van der Waals surface area contributed by atoms with Gasteiger partial charge in [-0.05, 0) is 37.6 Å². The third-order valence-corrected chi connectivity index (χ3v) is 6.09. The van der Waals surface area contributed by atoms with E-state index in [0.29, 0.717) is 50.5 Å². The molecule has 0 saturated carbocycles. The molecular weight excluding hydrogens is 342 g/mol. The van der Waals surface area contributed by atoms with Gasteiger partial charge in [0.2, 0.25) is 10.0 Å². The van der Waals surface area contributed by atoms with Crippen LogP contribution in [0.25, 0.3) is 0 Å². The summed E-state index contributed by atoms with van der Waals surface area (Å²) in [6.07, 6.45) is 1.04. The van der Waals surface area contributed by atoms with E-state index in [9.17, 15) is 13.2 Å². The number of carbonyl (C=O) groups is 1. The summed E-state index contributed by atoms with van der Waals surface area (Å²) in [6.45, 7) is 7.36. The van der Waals surface area contributed by atoms with Crippen LogP contribution in [0.2, 0.25) is 0 Å². The Bertz CT molecular complexity index is 685. The molecule has 1 aliphatic rings. The molecule has 0 aromatic heterocycles. The molecule has 0 spiro atoms. The molecule has 8 heteroatoms. The zero-order chi connectivity index (χ0) is 18.3. The van der Waals surface area contributed by atoms with E-state index in [1.54, 1.807) is 19.1 Å². The first-order valence-electron chi connectivity index (χ1n) is 8.64. The Morgan fingerprint density at radius 1 is 1.20 bits per heavy atom. The van der Waals surface area contributed by atoms with Crippen LogP contribution in [0, 0.1) is 6.92 Å². The highest BCUT2D eigenvalue weighted by Crippen LogP contribution is 2.22. The minimum Gasteiger partial charge on any atom is -0.379 e. The van der Waals surface area contributed by atoms with Gasteiger partial charge in [-0.1, -0.05) is 13.0 Å². The SMILES string of the molecule is CCCNCCNC(=O)c1ccc(C)c(S(=O)(=O)N2CCOCC2)c1. The molecule has 25 heavy (non-hydrogen) atoms. The summed E-state index contributed by atoms with van der Waals surface area (Å²) in [5, 5.41) is 6.01. The van der Waals surface area contributed by atoms with Crippen molar-refractivity contribution in [1.82, 2.24) is 14.9 Å². The molecule has 2 N–H and O–H groups in total. The van der Waals surface area contributed by atoms with Crippen molar-refractivity contribution in [2.24, 2.45) is 0 Å². The Morgan fingerprint density at radius 3 is 2.60 bits per heavy atom. The van der Waals surface area contributed by atoms with Gasteiger partial charge in [-0.3, -0.25) is 4.79 Å². The first-order chi connectivity index (χ1) is 12.0. The largest absolute Gasteiger partial charge is 0.379 e. The number of ether oxygens (including phenoxy) is 1. The van der Waals surface area contributed by atoms with Crippen molar-refractivity contribution in [2.45, 2.75) is 25.2 Å². The lowest BCUT2D eigenvalue weighted by molar-refractivity contribution is 0.0730. The van der Waals surface area contributed by atoms with E-state index in [-0.39, 0.29) is 10.8 Å². The normalized spacial score (nSPS) is 15.9. The van der Waals surface area contributed by atoms with Crippen LogP contribution in [0.1, 0.15) is 29.3 Å². The molecule has 1 aromatic rings. The van der Waals surface area contributed by atoms with Crippen LogP contribution in [0.4, 0.5) is 0 Å². The number of morpholine rings is 1. The van der Waals surface area contributed by atoms with E-state index in [4.69, 9.17) is 4.74 Å². The molecule has 7 nitrogen and oxygen atoms in total. The van der Waals surface area contributed by atoms with Crippen molar-refractivity contribution < 1.29 is 17.9 Å². The highest BCUT2D eigenvalue weighted by molar-refractivity contribution is 7.89. The van der Waals surface area contributed by atoms with Crippen molar-refractivity contribution in [2.75, 3.05) is 45.9 Å². The fourth-order valence-electron chi connectivity index (χ4n) is 2.61. The fourth-order valence-corrected chi connectivity index (χ4v) is 4.27. The molecule has 1 saturated heterocycles. The van der Waals surface area contributed by atoms with Crippen molar-refractivity contribution >= 4 is 15.9 Å². The average molecular weight is 369 g/mol.